The highest BCUT2D eigenvalue weighted by atomic mass is 16.7. The van der Waals surface area contributed by atoms with Gasteiger partial charge in [-0.15, -0.1) is 0 Å². The van der Waals surface area contributed by atoms with Gasteiger partial charge in [-0.1, -0.05) is 0 Å². The number of hydrogen-bond acceptors (Lipinski definition) is 6. The second kappa shape index (κ2) is 9.59. The van der Waals surface area contributed by atoms with Crippen molar-refractivity contribution in [3.05, 3.63) is 48.0 Å². The zero-order valence-corrected chi connectivity index (χ0v) is 17.7. The lowest BCUT2D eigenvalue weighted by Crippen LogP contribution is -2.35. The number of carbonyl (C=O) groups is 3. The molecule has 0 aromatic heterocycles. The summed E-state index contributed by atoms with van der Waals surface area (Å²) in [6.45, 7) is 2.56. The van der Waals surface area contributed by atoms with Crippen LogP contribution in [0.1, 0.15) is 30.1 Å². The van der Waals surface area contributed by atoms with Crippen molar-refractivity contribution >= 4 is 23.4 Å². The van der Waals surface area contributed by atoms with Crippen LogP contribution < -0.4 is 30.2 Å². The maximum atomic E-state index is 12.4. The molecule has 1 heterocycles. The van der Waals surface area contributed by atoms with Crippen molar-refractivity contribution in [2.45, 2.75) is 25.9 Å². The van der Waals surface area contributed by atoms with Gasteiger partial charge in [-0.25, -0.2) is 0 Å². The summed E-state index contributed by atoms with van der Waals surface area (Å²) in [6, 6.07) is 11.7. The standard InChI is InChI=1S/C23H25N3O6/c1-14(32-18-8-9-19-20(12-18)31-13-30-19)21(27)26-17-6-4-16(5-7-17)23(29)25-11-10-24-22(28)15-2-3-15/h4-9,12,14-15H,2-3,10-11,13H2,1H3,(H,24,28)(H,25,29)(H,26,27). The molecule has 1 unspecified atom stereocenters. The summed E-state index contributed by atoms with van der Waals surface area (Å²) in [5, 5.41) is 8.32. The smallest absolute Gasteiger partial charge is 0.265 e. The minimum absolute atomic E-state index is 0.0519. The number of hydrogen-bond donors (Lipinski definition) is 3. The zero-order valence-electron chi connectivity index (χ0n) is 17.7. The average molecular weight is 439 g/mol. The zero-order chi connectivity index (χ0) is 22.5. The molecule has 9 heteroatoms. The van der Waals surface area contributed by atoms with Crippen LogP contribution in [0, 0.1) is 5.92 Å². The van der Waals surface area contributed by atoms with E-state index in [1.165, 1.54) is 0 Å². The number of carbonyl (C=O) groups excluding carboxylic acids is 3. The van der Waals surface area contributed by atoms with Crippen LogP contribution in [-0.2, 0) is 9.59 Å². The lowest BCUT2D eigenvalue weighted by molar-refractivity contribution is -0.122. The first-order valence-electron chi connectivity index (χ1n) is 10.5. The van der Waals surface area contributed by atoms with Gasteiger partial charge in [0.25, 0.3) is 11.8 Å². The van der Waals surface area contributed by atoms with Crippen LogP contribution in [0.5, 0.6) is 17.2 Å². The van der Waals surface area contributed by atoms with Gasteiger partial charge < -0.3 is 30.2 Å². The van der Waals surface area contributed by atoms with Crippen LogP contribution in [0.15, 0.2) is 42.5 Å². The summed E-state index contributed by atoms with van der Waals surface area (Å²) in [4.78, 5) is 36.2. The summed E-state index contributed by atoms with van der Waals surface area (Å²) < 4.78 is 16.2. The van der Waals surface area contributed by atoms with Gasteiger partial charge in [-0.05, 0) is 56.2 Å². The Bertz CT molecular complexity index is 1000. The molecule has 2 aromatic carbocycles. The molecule has 1 aliphatic heterocycles. The Morgan fingerprint density at radius 1 is 1.00 bits per heavy atom. The van der Waals surface area contributed by atoms with Crippen molar-refractivity contribution in [3.8, 4) is 17.2 Å². The van der Waals surface area contributed by atoms with Gasteiger partial charge in [0, 0.05) is 36.3 Å². The number of anilines is 1. The van der Waals surface area contributed by atoms with E-state index in [2.05, 4.69) is 16.0 Å². The molecule has 9 nitrogen and oxygen atoms in total. The molecule has 168 valence electrons. The Hall–Kier alpha value is -3.75. The van der Waals surface area contributed by atoms with Crippen molar-refractivity contribution < 1.29 is 28.6 Å². The molecule has 0 radical (unpaired) electrons. The Balaban J connectivity index is 1.22. The largest absolute Gasteiger partial charge is 0.481 e. The van der Waals surface area contributed by atoms with E-state index in [0.29, 0.717) is 41.6 Å². The summed E-state index contributed by atoms with van der Waals surface area (Å²) in [6.07, 6.45) is 1.15. The molecular formula is C23H25N3O6. The molecule has 1 saturated carbocycles. The van der Waals surface area contributed by atoms with Gasteiger partial charge in [0.1, 0.15) is 5.75 Å². The molecule has 2 aromatic rings. The normalized spacial score (nSPS) is 14.9. The number of amides is 3. The van der Waals surface area contributed by atoms with E-state index in [1.807, 2.05) is 0 Å². The Kier molecular flexibility index (Phi) is 6.44. The number of benzene rings is 2. The molecule has 1 fully saturated rings. The Morgan fingerprint density at radius 3 is 2.47 bits per heavy atom. The molecule has 32 heavy (non-hydrogen) atoms. The van der Waals surface area contributed by atoms with Crippen molar-refractivity contribution in [2.24, 2.45) is 5.92 Å². The fourth-order valence-corrected chi connectivity index (χ4v) is 3.11. The maximum absolute atomic E-state index is 12.4. The summed E-state index contributed by atoms with van der Waals surface area (Å²) in [5.74, 6) is 1.34. The van der Waals surface area contributed by atoms with E-state index in [-0.39, 0.29) is 30.4 Å². The molecule has 1 atom stereocenters. The third-order valence-corrected chi connectivity index (χ3v) is 5.10. The molecule has 0 bridgehead atoms. The van der Waals surface area contributed by atoms with Gasteiger partial charge >= 0.3 is 0 Å². The lowest BCUT2D eigenvalue weighted by atomic mass is 10.2. The van der Waals surface area contributed by atoms with Gasteiger partial charge in [0.15, 0.2) is 17.6 Å². The van der Waals surface area contributed by atoms with Gasteiger partial charge in [-0.2, -0.15) is 0 Å². The monoisotopic (exact) mass is 439 g/mol. The second-order valence-electron chi connectivity index (χ2n) is 7.66. The predicted octanol–water partition coefficient (Wildman–Crippen LogP) is 2.08. The highest BCUT2D eigenvalue weighted by molar-refractivity contribution is 5.96. The summed E-state index contributed by atoms with van der Waals surface area (Å²) in [5.41, 5.74) is 1.01. The van der Waals surface area contributed by atoms with E-state index in [0.717, 1.165) is 12.8 Å². The van der Waals surface area contributed by atoms with Crippen molar-refractivity contribution in [2.75, 3.05) is 25.2 Å². The van der Waals surface area contributed by atoms with Crippen molar-refractivity contribution in [3.63, 3.8) is 0 Å². The minimum atomic E-state index is -0.746. The third-order valence-electron chi connectivity index (χ3n) is 5.10. The Labute approximate surface area is 185 Å². The molecule has 3 amide bonds. The average Bonchev–Trinajstić information content (AvgIpc) is 3.54. The minimum Gasteiger partial charge on any atom is -0.481 e. The molecular weight excluding hydrogens is 414 g/mol. The van der Waals surface area contributed by atoms with Crippen LogP contribution in [0.2, 0.25) is 0 Å². The molecule has 0 spiro atoms. The highest BCUT2D eigenvalue weighted by Gasteiger charge is 2.29. The Morgan fingerprint density at radius 2 is 1.72 bits per heavy atom. The molecule has 1 aliphatic carbocycles. The maximum Gasteiger partial charge on any atom is 0.265 e. The molecule has 0 saturated heterocycles. The predicted molar refractivity (Wildman–Crippen MR) is 116 cm³/mol. The molecule has 4 rings (SSSR count). The van der Waals surface area contributed by atoms with Gasteiger partial charge in [-0.3, -0.25) is 14.4 Å². The number of nitrogens with one attached hydrogen (secondary N) is 3. The topological polar surface area (TPSA) is 115 Å². The molecule has 2 aliphatic rings. The first-order valence-corrected chi connectivity index (χ1v) is 10.5. The van der Waals surface area contributed by atoms with Crippen LogP contribution in [0.3, 0.4) is 0 Å². The van der Waals surface area contributed by atoms with Gasteiger partial charge in [0.05, 0.1) is 0 Å². The number of rotatable bonds is 9. The van der Waals surface area contributed by atoms with Crippen molar-refractivity contribution in [1.82, 2.24) is 10.6 Å². The van der Waals surface area contributed by atoms with E-state index < -0.39 is 6.10 Å². The van der Waals surface area contributed by atoms with E-state index in [1.54, 1.807) is 49.4 Å². The van der Waals surface area contributed by atoms with Gasteiger partial charge in [0.2, 0.25) is 12.7 Å². The first kappa shape index (κ1) is 21.5. The number of fused-ring (bicyclic) bond motifs is 1. The quantitative estimate of drug-likeness (QED) is 0.516. The van der Waals surface area contributed by atoms with E-state index >= 15 is 0 Å². The number of ether oxygens (including phenoxy) is 3. The second-order valence-corrected chi connectivity index (χ2v) is 7.66. The lowest BCUT2D eigenvalue weighted by Gasteiger charge is -2.15. The summed E-state index contributed by atoms with van der Waals surface area (Å²) >= 11 is 0. The van der Waals surface area contributed by atoms with Crippen LogP contribution in [-0.4, -0.2) is 43.7 Å². The SMILES string of the molecule is CC(Oc1ccc2c(c1)OCO2)C(=O)Nc1ccc(C(=O)NCCNC(=O)C2CC2)cc1. The van der Waals surface area contributed by atoms with Crippen LogP contribution in [0.25, 0.3) is 0 Å². The summed E-state index contributed by atoms with van der Waals surface area (Å²) in [7, 11) is 0. The fraction of sp³-hybridized carbons (Fsp3) is 0.348. The first-order chi connectivity index (χ1) is 15.5. The molecule has 3 N–H and O–H groups in total. The van der Waals surface area contributed by atoms with E-state index in [9.17, 15) is 14.4 Å². The highest BCUT2D eigenvalue weighted by Crippen LogP contribution is 2.35. The fourth-order valence-electron chi connectivity index (χ4n) is 3.11. The van der Waals surface area contributed by atoms with E-state index in [4.69, 9.17) is 14.2 Å². The van der Waals surface area contributed by atoms with Crippen LogP contribution >= 0.6 is 0 Å². The third kappa shape index (κ3) is 5.48. The van der Waals surface area contributed by atoms with Crippen molar-refractivity contribution in [1.29, 1.82) is 0 Å². The van der Waals surface area contributed by atoms with Crippen LogP contribution in [0.4, 0.5) is 5.69 Å².